The quantitative estimate of drug-likeness (QED) is 0.0811. The van der Waals surface area contributed by atoms with Crippen molar-refractivity contribution in [2.24, 2.45) is 0 Å². The van der Waals surface area contributed by atoms with Gasteiger partial charge >= 0.3 is 0 Å². The van der Waals surface area contributed by atoms with Gasteiger partial charge in [0.1, 0.15) is 128 Å². The van der Waals surface area contributed by atoms with Gasteiger partial charge in [-0.05, 0) is 277 Å². The number of halogens is 2. The topological polar surface area (TPSA) is 386 Å². The molecule has 30 heteroatoms. The Morgan fingerprint density at radius 1 is 0.260 bits per heavy atom. The normalized spacial score (nSPS) is 19.6. The van der Waals surface area contributed by atoms with E-state index in [-0.39, 0.29) is 143 Å². The fraction of sp³-hybridized carbons (Fsp3) is 0.328. The van der Waals surface area contributed by atoms with Crippen molar-refractivity contribution in [1.82, 2.24) is 40.7 Å². The van der Waals surface area contributed by atoms with Crippen LogP contribution in [0, 0.1) is 0 Å². The van der Waals surface area contributed by atoms with Crippen LogP contribution in [-0.2, 0) is 57.5 Å². The fourth-order valence-corrected chi connectivity index (χ4v) is 22.1. The maximum atomic E-state index is 12.4. The minimum atomic E-state index is -0.370. The second-order valence-corrected chi connectivity index (χ2v) is 41.8. The van der Waals surface area contributed by atoms with Crippen LogP contribution in [0.5, 0.6) is 11.5 Å². The molecule has 8 aliphatic carbocycles. The van der Waals surface area contributed by atoms with E-state index in [9.17, 15) is 57.5 Å². The van der Waals surface area contributed by atoms with Gasteiger partial charge in [0, 0.05) is 60.6 Å². The van der Waals surface area contributed by atoms with E-state index in [1.54, 1.807) is 0 Å². The highest BCUT2D eigenvalue weighted by Crippen LogP contribution is 2.49. The number of Topliss-reactive ketones (excluding diaryl/α,β-unsaturated/α-hetero) is 12. The fourth-order valence-electron chi connectivity index (χ4n) is 21.3. The molecule has 26 rings (SSSR count). The van der Waals surface area contributed by atoms with Crippen molar-refractivity contribution >= 4 is 232 Å². The highest BCUT2D eigenvalue weighted by atomic mass is 79.9. The number of carbonyl (C=O) groups is 12. The molecule has 0 unspecified atom stereocenters. The molecule has 146 heavy (non-hydrogen) atoms. The van der Waals surface area contributed by atoms with E-state index < -0.39 is 0 Å². The Hall–Kier alpha value is -14.5. The van der Waals surface area contributed by atoms with E-state index in [1.165, 1.54) is 36.8 Å². The van der Waals surface area contributed by atoms with Crippen LogP contribution in [0.25, 0.3) is 130 Å². The van der Waals surface area contributed by atoms with Crippen LogP contribution in [0.4, 0.5) is 0 Å². The van der Waals surface area contributed by atoms with Gasteiger partial charge in [0.25, 0.3) is 0 Å². The van der Waals surface area contributed by atoms with Gasteiger partial charge in [-0.15, -0.1) is 0 Å². The number of likely N-dealkylation sites (N-methyl/N-ethyl adjacent to an activating group) is 2. The second kappa shape index (κ2) is 41.6. The molecule has 0 saturated heterocycles. The third-order valence-corrected chi connectivity index (χ3v) is 30.3. The summed E-state index contributed by atoms with van der Waals surface area (Å²) in [5.74, 6) is 0.760. The summed E-state index contributed by atoms with van der Waals surface area (Å²) >= 11 is 6.94. The summed E-state index contributed by atoms with van der Waals surface area (Å²) in [4.78, 5) is 147. The van der Waals surface area contributed by atoms with Crippen molar-refractivity contribution in [1.29, 1.82) is 0 Å². The van der Waals surface area contributed by atoms with E-state index in [2.05, 4.69) is 121 Å². The molecule has 6 aromatic heterocycles. The molecule has 0 aliphatic heterocycles. The molecule has 0 spiro atoms. The van der Waals surface area contributed by atoms with Gasteiger partial charge in [0.2, 0.25) is 0 Å². The number of ether oxygens (including phenoxy) is 2. The SMILES string of the molecule is CN(C)CCOc1ccc2c(ccc3onc([C@@H]4CCC(=O)CC4=O)c32)c1.CN(C)CCOc1ccc2c(ccc3onc([C@H]4CCC(=O)CC4=O)c32)c1.O=C1CC[C@@H](c2noc3ccc4cc(Br)ccc4c23)C(=O)C1.O=C1CC[C@@H](c2noc3ccc4cc(C5CC5)ccc4c23)C(=O)C1.O=C1CC[C@H](c2noc3ccc4cc(Br)ccc4c23)C(=O)C1.O=C1CC[C@H](c2noc3ccc4cc(C5CC5)ccc4c23)C(=O)C1. The molecule has 18 aromatic rings. The zero-order valence-electron chi connectivity index (χ0n) is 80.8. The number of aromatic nitrogens is 6. The smallest absolute Gasteiger partial charge is 0.167 e. The maximum Gasteiger partial charge on any atom is 0.167 e. The first-order valence-electron chi connectivity index (χ1n) is 49.8. The number of benzene rings is 12. The Kier molecular flexibility index (Phi) is 27.8. The average Bonchev–Trinajstić information content (AvgIpc) is 1.48. The van der Waals surface area contributed by atoms with Crippen molar-refractivity contribution < 1.29 is 94.1 Å². The molecular weight excluding hydrogens is 1990 g/mol. The molecule has 8 saturated carbocycles. The summed E-state index contributed by atoms with van der Waals surface area (Å²) in [6.07, 6.45) is 10.9. The standard InChI is InChI=1S/2C21H22N2O4.2C20H17NO3.2C17H12BrNO3/c2*1-23(2)9-10-26-15-5-7-16-13(11-15)3-8-19-20(16)21(22-27-19)17-6-4-14(24)12-18(17)25;2*22-14-5-7-16(17(23)10-14)20-19-15-6-3-12(11-1-2-11)9-13(15)4-8-18(19)24-21-20;2*18-10-2-4-12-9(7-10)1-6-15-16(12)17(19-22-15)13-5-3-11(20)8-14(13)21/h2*3,5,7-8,11,17H,4,6,9-10,12H2,1-2H3;2*3-4,6,8-9,11,16H,1-2,5,7,10H2;2*1-2,4,6-7,13H,3,5,8H2/t2*17-;2*16-;2*13-/m101010/s1. The summed E-state index contributed by atoms with van der Waals surface area (Å²) in [7, 11) is 8.03. The number of hydrogen-bond acceptors (Lipinski definition) is 28. The van der Waals surface area contributed by atoms with Gasteiger partial charge in [-0.2, -0.15) is 0 Å². The lowest BCUT2D eigenvalue weighted by Crippen LogP contribution is -2.23. The lowest BCUT2D eigenvalue weighted by Gasteiger charge is -2.18. The monoisotopic (exact) mass is 2080 g/mol. The van der Waals surface area contributed by atoms with Gasteiger partial charge in [-0.25, -0.2) is 0 Å². The first kappa shape index (κ1) is 97.6. The maximum absolute atomic E-state index is 12.4. The van der Waals surface area contributed by atoms with Crippen LogP contribution >= 0.6 is 31.9 Å². The number of hydrogen-bond donors (Lipinski definition) is 0. The van der Waals surface area contributed by atoms with Crippen molar-refractivity contribution in [3.63, 3.8) is 0 Å². The molecule has 0 N–H and O–H groups in total. The van der Waals surface area contributed by atoms with Gasteiger partial charge in [-0.1, -0.05) is 148 Å². The zero-order valence-corrected chi connectivity index (χ0v) is 84.0. The number of rotatable bonds is 16. The molecule has 8 fully saturated rings. The van der Waals surface area contributed by atoms with Crippen LogP contribution in [0.3, 0.4) is 0 Å². The first-order chi connectivity index (χ1) is 70.7. The molecule has 6 atom stereocenters. The number of ketones is 12. The van der Waals surface area contributed by atoms with E-state index in [1.807, 2.05) is 162 Å². The van der Waals surface area contributed by atoms with Crippen molar-refractivity contribution in [2.45, 2.75) is 189 Å². The molecule has 0 amide bonds. The predicted octanol–water partition coefficient (Wildman–Crippen LogP) is 23.5. The van der Waals surface area contributed by atoms with E-state index in [0.29, 0.717) is 170 Å². The number of carbonyl (C=O) groups excluding carboxylic acids is 12. The van der Waals surface area contributed by atoms with Crippen LogP contribution < -0.4 is 9.47 Å². The van der Waals surface area contributed by atoms with Crippen LogP contribution in [0.15, 0.2) is 218 Å². The summed E-state index contributed by atoms with van der Waals surface area (Å²) in [6, 6.07) is 60.3. The summed E-state index contributed by atoms with van der Waals surface area (Å²) in [6.45, 7) is 2.92. The van der Waals surface area contributed by atoms with Crippen LogP contribution in [0.2, 0.25) is 0 Å². The molecule has 28 nitrogen and oxygen atoms in total. The third-order valence-electron chi connectivity index (χ3n) is 29.3. The molecule has 740 valence electrons. The molecule has 0 radical (unpaired) electrons. The van der Waals surface area contributed by atoms with Crippen molar-refractivity contribution in [3.8, 4) is 11.5 Å². The molecule has 12 aromatic carbocycles. The highest BCUT2D eigenvalue weighted by molar-refractivity contribution is 9.10. The Bertz CT molecular complexity index is 7910. The van der Waals surface area contributed by atoms with Crippen molar-refractivity contribution in [3.05, 3.63) is 236 Å². The number of fused-ring (bicyclic) bond motifs is 18. The minimum Gasteiger partial charge on any atom is -0.492 e. The van der Waals surface area contributed by atoms with Crippen LogP contribution in [0.1, 0.15) is 234 Å². The Labute approximate surface area is 851 Å². The van der Waals surface area contributed by atoms with Gasteiger partial charge < -0.3 is 46.4 Å². The van der Waals surface area contributed by atoms with E-state index in [4.69, 9.17) is 36.6 Å². The highest BCUT2D eigenvalue weighted by Gasteiger charge is 2.40. The lowest BCUT2D eigenvalue weighted by molar-refractivity contribution is -0.132. The predicted molar refractivity (Wildman–Crippen MR) is 556 cm³/mol. The summed E-state index contributed by atoms with van der Waals surface area (Å²) in [5, 5.41) is 43.1. The third kappa shape index (κ3) is 20.4. The van der Waals surface area contributed by atoms with Gasteiger partial charge in [0.15, 0.2) is 33.5 Å². The van der Waals surface area contributed by atoms with Crippen LogP contribution in [-0.4, -0.2) is 165 Å². The van der Waals surface area contributed by atoms with Gasteiger partial charge in [-0.3, -0.25) is 57.5 Å². The minimum absolute atomic E-state index is 0.00630. The second-order valence-electron chi connectivity index (χ2n) is 40.0. The zero-order chi connectivity index (χ0) is 101. The average molecular weight is 2090 g/mol. The summed E-state index contributed by atoms with van der Waals surface area (Å²) < 4.78 is 46.4. The molecule has 0 bridgehead atoms. The van der Waals surface area contributed by atoms with Crippen molar-refractivity contribution in [2.75, 3.05) is 54.5 Å². The number of nitrogens with zero attached hydrogens (tertiary/aromatic N) is 8. The molecular formula is C116H102Br2N8O20. The first-order valence-corrected chi connectivity index (χ1v) is 51.4. The largest absolute Gasteiger partial charge is 0.492 e. The Morgan fingerprint density at radius 3 is 0.692 bits per heavy atom. The molecule has 6 heterocycles. The Morgan fingerprint density at radius 2 is 0.473 bits per heavy atom. The Balaban J connectivity index is 0.000000103. The van der Waals surface area contributed by atoms with Gasteiger partial charge in [0.05, 0.1) is 106 Å². The summed E-state index contributed by atoms with van der Waals surface area (Å²) in [5.41, 5.74) is 10.9. The molecule has 8 aliphatic rings. The van der Waals surface area contributed by atoms with E-state index >= 15 is 0 Å². The lowest BCUT2D eigenvalue weighted by atomic mass is 9.83. The van der Waals surface area contributed by atoms with E-state index in [0.717, 1.165) is 130 Å².